The lowest BCUT2D eigenvalue weighted by Crippen LogP contribution is -2.35. The molecule has 0 spiro atoms. The number of carbonyl (C=O) groups is 1. The van der Waals surface area contributed by atoms with E-state index in [1.165, 1.54) is 23.6 Å². The number of hydrogen-bond donors (Lipinski definition) is 1. The highest BCUT2D eigenvalue weighted by molar-refractivity contribution is 7.89. The Bertz CT molecular complexity index is 1060. The van der Waals surface area contributed by atoms with Crippen LogP contribution in [0.1, 0.15) is 30.4 Å². The Morgan fingerprint density at radius 3 is 2.60 bits per heavy atom. The summed E-state index contributed by atoms with van der Waals surface area (Å²) in [6.07, 6.45) is 5.67. The van der Waals surface area contributed by atoms with Crippen molar-refractivity contribution >= 4 is 39.3 Å². The van der Waals surface area contributed by atoms with Crippen LogP contribution in [0.4, 0.5) is 5.69 Å². The van der Waals surface area contributed by atoms with E-state index >= 15 is 0 Å². The summed E-state index contributed by atoms with van der Waals surface area (Å²) in [5, 5.41) is 3.35. The number of hydrogen-bond acceptors (Lipinski definition) is 4. The van der Waals surface area contributed by atoms with Crippen LogP contribution in [0.3, 0.4) is 0 Å². The zero-order chi connectivity index (χ0) is 21.7. The van der Waals surface area contributed by atoms with Gasteiger partial charge in [0, 0.05) is 29.9 Å². The number of nitrogens with one attached hydrogen (secondary N) is 1. The summed E-state index contributed by atoms with van der Waals surface area (Å²) < 4.78 is 33.0. The molecule has 160 valence electrons. The molecule has 30 heavy (non-hydrogen) atoms. The molecule has 0 atom stereocenters. The molecule has 1 aliphatic heterocycles. The van der Waals surface area contributed by atoms with Crippen LogP contribution in [0.15, 0.2) is 47.4 Å². The van der Waals surface area contributed by atoms with Gasteiger partial charge in [-0.05, 0) is 61.2 Å². The number of amides is 1. The first kappa shape index (κ1) is 22.3. The number of benzene rings is 2. The van der Waals surface area contributed by atoms with Crippen molar-refractivity contribution < 1.29 is 17.9 Å². The van der Waals surface area contributed by atoms with Gasteiger partial charge in [-0.2, -0.15) is 4.31 Å². The molecule has 0 bridgehead atoms. The summed E-state index contributed by atoms with van der Waals surface area (Å²) >= 11 is 6.08. The number of anilines is 1. The quantitative estimate of drug-likeness (QED) is 0.661. The smallest absolute Gasteiger partial charge is 0.248 e. The molecule has 0 aromatic heterocycles. The van der Waals surface area contributed by atoms with Crippen LogP contribution in [-0.2, 0) is 14.8 Å². The Morgan fingerprint density at radius 2 is 1.90 bits per heavy atom. The van der Waals surface area contributed by atoms with Crippen molar-refractivity contribution in [2.75, 3.05) is 25.5 Å². The van der Waals surface area contributed by atoms with Crippen molar-refractivity contribution in [1.82, 2.24) is 4.31 Å². The predicted octanol–water partition coefficient (Wildman–Crippen LogP) is 4.48. The largest absolute Gasteiger partial charge is 0.495 e. The monoisotopic (exact) mass is 448 g/mol. The van der Waals surface area contributed by atoms with Crippen LogP contribution < -0.4 is 10.1 Å². The first-order valence-electron chi connectivity index (χ1n) is 9.75. The van der Waals surface area contributed by atoms with Crippen molar-refractivity contribution in [3.8, 4) is 5.75 Å². The van der Waals surface area contributed by atoms with Gasteiger partial charge in [0.2, 0.25) is 15.9 Å². The molecule has 2 aromatic carbocycles. The second-order valence-electron chi connectivity index (χ2n) is 7.11. The number of ether oxygens (including phenoxy) is 1. The highest BCUT2D eigenvalue weighted by Gasteiger charge is 2.29. The number of carbonyl (C=O) groups excluding carboxylic acids is 1. The maximum atomic E-state index is 13.1. The molecule has 1 saturated heterocycles. The fourth-order valence-corrected chi connectivity index (χ4v) is 5.21. The molecule has 1 amide bonds. The molecular formula is C22H25ClN2O4S. The highest BCUT2D eigenvalue weighted by atomic mass is 35.5. The molecule has 1 heterocycles. The van der Waals surface area contributed by atoms with Gasteiger partial charge < -0.3 is 10.1 Å². The molecule has 0 unspecified atom stereocenters. The standard InChI is InChI=1S/C22H25ClN2O4S/c1-16-18(23)7-6-8-19(16)24-22(26)12-10-17-9-11-20(29-2)21(15-17)30(27,28)25-13-4-3-5-14-25/h6-12,15H,3-5,13-14H2,1-2H3,(H,24,26)/b12-10+. The molecule has 1 aliphatic rings. The normalized spacial score (nSPS) is 15.3. The van der Waals surface area contributed by atoms with Crippen LogP contribution in [0.25, 0.3) is 6.08 Å². The minimum atomic E-state index is -3.67. The lowest BCUT2D eigenvalue weighted by Gasteiger charge is -2.26. The van der Waals surface area contributed by atoms with E-state index in [9.17, 15) is 13.2 Å². The third-order valence-electron chi connectivity index (χ3n) is 5.07. The molecular weight excluding hydrogens is 424 g/mol. The number of piperidine rings is 1. The topological polar surface area (TPSA) is 75.7 Å². The number of nitrogens with zero attached hydrogens (tertiary/aromatic N) is 1. The van der Waals surface area contributed by atoms with Gasteiger partial charge in [0.1, 0.15) is 10.6 Å². The van der Waals surface area contributed by atoms with Gasteiger partial charge in [-0.15, -0.1) is 0 Å². The van der Waals surface area contributed by atoms with Gasteiger partial charge in [0.25, 0.3) is 0 Å². The second-order valence-corrected chi connectivity index (χ2v) is 9.42. The van der Waals surface area contributed by atoms with E-state index < -0.39 is 10.0 Å². The third-order valence-corrected chi connectivity index (χ3v) is 7.40. The predicted molar refractivity (Wildman–Crippen MR) is 119 cm³/mol. The third kappa shape index (κ3) is 5.03. The summed E-state index contributed by atoms with van der Waals surface area (Å²) in [4.78, 5) is 12.4. The summed E-state index contributed by atoms with van der Waals surface area (Å²) in [5.41, 5.74) is 1.99. The number of halogens is 1. The van der Waals surface area contributed by atoms with Gasteiger partial charge in [-0.25, -0.2) is 8.42 Å². The first-order valence-corrected chi connectivity index (χ1v) is 11.6. The molecule has 6 nitrogen and oxygen atoms in total. The van der Waals surface area contributed by atoms with Crippen molar-refractivity contribution in [3.63, 3.8) is 0 Å². The van der Waals surface area contributed by atoms with Gasteiger partial charge in [0.15, 0.2) is 0 Å². The van der Waals surface area contributed by atoms with Gasteiger partial charge in [0.05, 0.1) is 7.11 Å². The number of methoxy groups -OCH3 is 1. The van der Waals surface area contributed by atoms with Crippen LogP contribution in [0, 0.1) is 6.92 Å². The minimum absolute atomic E-state index is 0.111. The van der Waals surface area contributed by atoms with Crippen molar-refractivity contribution in [2.45, 2.75) is 31.1 Å². The van der Waals surface area contributed by atoms with Gasteiger partial charge >= 0.3 is 0 Å². The molecule has 1 N–H and O–H groups in total. The Labute approximate surface area is 182 Å². The zero-order valence-electron chi connectivity index (χ0n) is 17.0. The Morgan fingerprint density at radius 1 is 1.17 bits per heavy atom. The molecule has 0 saturated carbocycles. The molecule has 3 rings (SSSR count). The van der Waals surface area contributed by atoms with E-state index in [0.29, 0.717) is 29.4 Å². The zero-order valence-corrected chi connectivity index (χ0v) is 18.6. The van der Waals surface area contributed by atoms with Gasteiger partial charge in [-0.3, -0.25) is 4.79 Å². The van der Waals surface area contributed by atoms with Crippen molar-refractivity contribution in [2.24, 2.45) is 0 Å². The molecule has 1 fully saturated rings. The maximum Gasteiger partial charge on any atom is 0.248 e. The SMILES string of the molecule is COc1ccc(/C=C/C(=O)Nc2cccc(Cl)c2C)cc1S(=O)(=O)N1CCCCC1. The van der Waals surface area contributed by atoms with Crippen LogP contribution in [0.5, 0.6) is 5.75 Å². The average molecular weight is 449 g/mol. The van der Waals surface area contributed by atoms with Gasteiger partial charge in [-0.1, -0.05) is 30.2 Å². The van der Waals surface area contributed by atoms with E-state index in [-0.39, 0.29) is 16.6 Å². The van der Waals surface area contributed by atoms with Crippen LogP contribution in [-0.4, -0.2) is 38.8 Å². The number of sulfonamides is 1. The lowest BCUT2D eigenvalue weighted by molar-refractivity contribution is -0.111. The molecule has 0 radical (unpaired) electrons. The summed E-state index contributed by atoms with van der Waals surface area (Å²) in [5.74, 6) is -0.0478. The van der Waals surface area contributed by atoms with Crippen LogP contribution >= 0.6 is 11.6 Å². The van der Waals surface area contributed by atoms with Crippen molar-refractivity contribution in [3.05, 3.63) is 58.6 Å². The summed E-state index contributed by atoms with van der Waals surface area (Å²) in [6, 6.07) is 10.1. The Kier molecular flexibility index (Phi) is 7.18. The first-order chi connectivity index (χ1) is 14.3. The maximum absolute atomic E-state index is 13.1. The number of rotatable bonds is 6. The highest BCUT2D eigenvalue weighted by Crippen LogP contribution is 2.30. The molecule has 2 aromatic rings. The lowest BCUT2D eigenvalue weighted by atomic mass is 10.2. The van der Waals surface area contributed by atoms with E-state index in [1.54, 1.807) is 36.4 Å². The molecule has 0 aliphatic carbocycles. The molecule has 8 heteroatoms. The van der Waals surface area contributed by atoms with E-state index in [1.807, 2.05) is 6.92 Å². The van der Waals surface area contributed by atoms with Crippen molar-refractivity contribution in [1.29, 1.82) is 0 Å². The summed E-state index contributed by atoms with van der Waals surface area (Å²) in [6.45, 7) is 2.84. The van der Waals surface area contributed by atoms with E-state index in [0.717, 1.165) is 24.8 Å². The summed E-state index contributed by atoms with van der Waals surface area (Å²) in [7, 11) is -2.22. The second kappa shape index (κ2) is 9.64. The Balaban J connectivity index is 1.82. The fraction of sp³-hybridized carbons (Fsp3) is 0.318. The average Bonchev–Trinajstić information content (AvgIpc) is 2.76. The Hall–Kier alpha value is -2.35. The fourth-order valence-electron chi connectivity index (χ4n) is 3.33. The van der Waals surface area contributed by atoms with E-state index in [2.05, 4.69) is 5.32 Å². The van der Waals surface area contributed by atoms with E-state index in [4.69, 9.17) is 16.3 Å². The minimum Gasteiger partial charge on any atom is -0.495 e. The van der Waals surface area contributed by atoms with Crippen LogP contribution in [0.2, 0.25) is 5.02 Å².